The van der Waals surface area contributed by atoms with Crippen LogP contribution in [0.15, 0.2) is 12.2 Å². The highest BCUT2D eigenvalue weighted by atomic mass is 32.1. The van der Waals surface area contributed by atoms with E-state index in [1.165, 1.54) is 22.6 Å². The number of nitrogens with one attached hydrogen (secondary N) is 1. The van der Waals surface area contributed by atoms with Crippen molar-refractivity contribution in [1.82, 2.24) is 0 Å². The first-order chi connectivity index (χ1) is 12.5. The Labute approximate surface area is 157 Å². The maximum Gasteiger partial charge on any atom is 0.307 e. The zero-order valence-electron chi connectivity index (χ0n) is 15.0. The lowest BCUT2D eigenvalue weighted by Crippen LogP contribution is -2.34. The lowest BCUT2D eigenvalue weighted by atomic mass is 9.82. The molecule has 0 unspecified atom stereocenters. The number of rotatable bonds is 5. The maximum atomic E-state index is 12.7. The molecule has 1 heterocycles. The Bertz CT molecular complexity index is 775. The predicted octanol–water partition coefficient (Wildman–Crippen LogP) is 4.13. The number of thiophene rings is 1. The summed E-state index contributed by atoms with van der Waals surface area (Å²) in [6.07, 6.45) is 9.79. The van der Waals surface area contributed by atoms with Gasteiger partial charge in [0.1, 0.15) is 11.1 Å². The van der Waals surface area contributed by atoms with E-state index in [1.54, 1.807) is 0 Å². The molecule has 0 fully saturated rings. The number of amides is 1. The SMILES string of the molecule is CCC[C@H]1CCc2c(sc(NC(=O)[C@H]3CC=CC[C@@H]3C(=O)O)c2C#N)C1. The summed E-state index contributed by atoms with van der Waals surface area (Å²) in [6.45, 7) is 2.19. The van der Waals surface area contributed by atoms with Crippen LogP contribution in [0.2, 0.25) is 0 Å². The number of carbonyl (C=O) groups excluding carboxylic acids is 1. The molecule has 26 heavy (non-hydrogen) atoms. The van der Waals surface area contributed by atoms with E-state index in [0.29, 0.717) is 29.3 Å². The smallest absolute Gasteiger partial charge is 0.307 e. The van der Waals surface area contributed by atoms with Gasteiger partial charge in [-0.05, 0) is 43.6 Å². The van der Waals surface area contributed by atoms with E-state index < -0.39 is 17.8 Å². The Morgan fingerprint density at radius 1 is 1.35 bits per heavy atom. The second-order valence-electron chi connectivity index (χ2n) is 7.20. The van der Waals surface area contributed by atoms with Gasteiger partial charge in [-0.15, -0.1) is 11.3 Å². The van der Waals surface area contributed by atoms with Gasteiger partial charge in [-0.3, -0.25) is 9.59 Å². The molecule has 138 valence electrons. The highest BCUT2D eigenvalue weighted by Crippen LogP contribution is 2.41. The summed E-state index contributed by atoms with van der Waals surface area (Å²) >= 11 is 1.50. The van der Waals surface area contributed by atoms with E-state index in [0.717, 1.165) is 31.2 Å². The van der Waals surface area contributed by atoms with Crippen LogP contribution in [0.25, 0.3) is 0 Å². The summed E-state index contributed by atoms with van der Waals surface area (Å²) in [7, 11) is 0. The van der Waals surface area contributed by atoms with Crippen LogP contribution in [0, 0.1) is 29.1 Å². The number of carboxylic acids is 1. The van der Waals surface area contributed by atoms with Crippen LogP contribution in [-0.2, 0) is 22.4 Å². The number of aliphatic carboxylic acids is 1. The Morgan fingerprint density at radius 2 is 2.08 bits per heavy atom. The van der Waals surface area contributed by atoms with Crippen molar-refractivity contribution >= 4 is 28.2 Å². The van der Waals surface area contributed by atoms with Crippen LogP contribution < -0.4 is 5.32 Å². The molecule has 2 aliphatic carbocycles. The number of hydrogen-bond donors (Lipinski definition) is 2. The van der Waals surface area contributed by atoms with Crippen LogP contribution in [0.3, 0.4) is 0 Å². The molecular weight excluding hydrogens is 348 g/mol. The minimum Gasteiger partial charge on any atom is -0.481 e. The number of carbonyl (C=O) groups is 2. The van der Waals surface area contributed by atoms with E-state index in [9.17, 15) is 20.0 Å². The molecule has 1 aromatic heterocycles. The summed E-state index contributed by atoms with van der Waals surface area (Å²) in [5.74, 6) is -1.86. The van der Waals surface area contributed by atoms with Crippen molar-refractivity contribution in [3.8, 4) is 6.07 Å². The van der Waals surface area contributed by atoms with Crippen molar-refractivity contribution in [3.05, 3.63) is 28.2 Å². The molecule has 6 heteroatoms. The van der Waals surface area contributed by atoms with Crippen LogP contribution in [0.4, 0.5) is 5.00 Å². The Balaban J connectivity index is 1.80. The third-order valence-electron chi connectivity index (χ3n) is 5.50. The highest BCUT2D eigenvalue weighted by Gasteiger charge is 2.35. The lowest BCUT2D eigenvalue weighted by Gasteiger charge is -2.23. The molecule has 0 spiro atoms. The average Bonchev–Trinajstić information content (AvgIpc) is 2.98. The molecule has 0 saturated heterocycles. The van der Waals surface area contributed by atoms with Crippen LogP contribution >= 0.6 is 11.3 Å². The summed E-state index contributed by atoms with van der Waals surface area (Å²) in [5, 5.41) is 22.4. The van der Waals surface area contributed by atoms with Crippen molar-refractivity contribution in [2.45, 2.75) is 51.9 Å². The van der Waals surface area contributed by atoms with E-state index >= 15 is 0 Å². The number of nitriles is 1. The molecule has 3 atom stereocenters. The van der Waals surface area contributed by atoms with Crippen molar-refractivity contribution in [2.24, 2.45) is 17.8 Å². The van der Waals surface area contributed by atoms with E-state index in [1.807, 2.05) is 12.2 Å². The second kappa shape index (κ2) is 8.05. The monoisotopic (exact) mass is 372 g/mol. The molecule has 1 amide bonds. The van der Waals surface area contributed by atoms with Gasteiger partial charge >= 0.3 is 5.97 Å². The summed E-state index contributed by atoms with van der Waals surface area (Å²) in [6, 6.07) is 2.26. The van der Waals surface area contributed by atoms with Gasteiger partial charge < -0.3 is 10.4 Å². The van der Waals surface area contributed by atoms with Gasteiger partial charge in [-0.2, -0.15) is 5.26 Å². The second-order valence-corrected chi connectivity index (χ2v) is 8.31. The van der Waals surface area contributed by atoms with Crippen molar-refractivity contribution in [2.75, 3.05) is 5.32 Å². The fourth-order valence-electron chi connectivity index (χ4n) is 4.10. The first-order valence-electron chi connectivity index (χ1n) is 9.28. The zero-order valence-corrected chi connectivity index (χ0v) is 15.8. The van der Waals surface area contributed by atoms with Crippen LogP contribution in [0.5, 0.6) is 0 Å². The van der Waals surface area contributed by atoms with Gasteiger partial charge in [0.05, 0.1) is 17.4 Å². The highest BCUT2D eigenvalue weighted by molar-refractivity contribution is 7.16. The first-order valence-corrected chi connectivity index (χ1v) is 10.1. The predicted molar refractivity (Wildman–Crippen MR) is 101 cm³/mol. The summed E-state index contributed by atoms with van der Waals surface area (Å²) in [5.41, 5.74) is 1.66. The molecule has 0 radical (unpaired) electrons. The van der Waals surface area contributed by atoms with Gasteiger partial charge in [0.2, 0.25) is 5.91 Å². The molecule has 1 aromatic rings. The van der Waals surface area contributed by atoms with E-state index in [4.69, 9.17) is 0 Å². The summed E-state index contributed by atoms with van der Waals surface area (Å²) < 4.78 is 0. The molecule has 2 N–H and O–H groups in total. The average molecular weight is 372 g/mol. The van der Waals surface area contributed by atoms with Gasteiger partial charge in [-0.25, -0.2) is 0 Å². The third kappa shape index (κ3) is 3.68. The van der Waals surface area contributed by atoms with Crippen molar-refractivity contribution < 1.29 is 14.7 Å². The number of fused-ring (bicyclic) bond motifs is 1. The number of anilines is 1. The zero-order chi connectivity index (χ0) is 18.7. The minimum atomic E-state index is -0.942. The Kier molecular flexibility index (Phi) is 5.77. The largest absolute Gasteiger partial charge is 0.481 e. The number of nitrogens with zero attached hydrogens (tertiary/aromatic N) is 1. The maximum absolute atomic E-state index is 12.7. The first kappa shape index (κ1) is 18.7. The molecular formula is C20H24N2O3S. The van der Waals surface area contributed by atoms with Gasteiger partial charge in [0, 0.05) is 4.88 Å². The number of hydrogen-bond acceptors (Lipinski definition) is 4. The fraction of sp³-hybridized carbons (Fsp3) is 0.550. The third-order valence-corrected chi connectivity index (χ3v) is 6.67. The lowest BCUT2D eigenvalue weighted by molar-refractivity contribution is -0.146. The van der Waals surface area contributed by atoms with E-state index in [-0.39, 0.29) is 5.91 Å². The number of carboxylic acid groups (broad SMARTS) is 1. The Hall–Kier alpha value is -2.13. The molecule has 3 rings (SSSR count). The quantitative estimate of drug-likeness (QED) is 0.760. The molecule has 0 bridgehead atoms. The van der Waals surface area contributed by atoms with Gasteiger partial charge in [0.25, 0.3) is 0 Å². The molecule has 0 aromatic carbocycles. The van der Waals surface area contributed by atoms with Crippen molar-refractivity contribution in [1.29, 1.82) is 5.26 Å². The van der Waals surface area contributed by atoms with Crippen LogP contribution in [0.1, 0.15) is 55.0 Å². The normalized spacial score (nSPS) is 24.5. The van der Waals surface area contributed by atoms with Crippen molar-refractivity contribution in [3.63, 3.8) is 0 Å². The minimum absolute atomic E-state index is 0.290. The van der Waals surface area contributed by atoms with E-state index in [2.05, 4.69) is 18.3 Å². The summed E-state index contributed by atoms with van der Waals surface area (Å²) in [4.78, 5) is 25.4. The molecule has 0 aliphatic heterocycles. The number of allylic oxidation sites excluding steroid dienone is 2. The van der Waals surface area contributed by atoms with Gasteiger partial charge in [0.15, 0.2) is 0 Å². The molecule has 0 saturated carbocycles. The topological polar surface area (TPSA) is 90.2 Å². The standard InChI is InChI=1S/C20H24N2O3S/c1-2-5-12-8-9-13-16(11-21)19(26-17(13)10-12)22-18(23)14-6-3-4-7-15(14)20(24)25/h3-4,12,14-15H,2,5-10H2,1H3,(H,22,23)(H,24,25)/t12-,14-,15-/m0/s1. The van der Waals surface area contributed by atoms with Gasteiger partial charge in [-0.1, -0.05) is 31.9 Å². The Morgan fingerprint density at radius 3 is 2.73 bits per heavy atom. The molecule has 2 aliphatic rings. The molecule has 5 nitrogen and oxygen atoms in total. The van der Waals surface area contributed by atoms with Crippen LogP contribution in [-0.4, -0.2) is 17.0 Å². The fourth-order valence-corrected chi connectivity index (χ4v) is 5.41.